The standard InChI is InChI=1S/C18H22N2O6/c1-12-6-8-20(9-7-12)16(22)18(24)26-11-15(21)19-14-5-3-4-13(10-14)17(23)25-2/h3-5,10,12H,6-9,11H2,1-2H3,(H,19,21). The molecule has 2 rings (SSSR count). The van der Waals surface area contributed by atoms with Crippen LogP contribution in [0.15, 0.2) is 24.3 Å². The third kappa shape index (κ3) is 5.30. The van der Waals surface area contributed by atoms with Crippen LogP contribution in [0.4, 0.5) is 5.69 Å². The molecule has 1 fully saturated rings. The van der Waals surface area contributed by atoms with Crippen molar-refractivity contribution in [2.24, 2.45) is 5.92 Å². The van der Waals surface area contributed by atoms with Crippen molar-refractivity contribution in [3.05, 3.63) is 29.8 Å². The summed E-state index contributed by atoms with van der Waals surface area (Å²) >= 11 is 0. The molecule has 0 unspecified atom stereocenters. The number of rotatable bonds is 4. The Kier molecular flexibility index (Phi) is 6.71. The number of piperidine rings is 1. The molecule has 0 saturated carbocycles. The molecule has 1 aliphatic rings. The Morgan fingerprint density at radius 3 is 2.54 bits per heavy atom. The van der Waals surface area contributed by atoms with Crippen LogP contribution in [0.2, 0.25) is 0 Å². The molecule has 0 bridgehead atoms. The summed E-state index contributed by atoms with van der Waals surface area (Å²) in [7, 11) is 1.26. The monoisotopic (exact) mass is 362 g/mol. The Morgan fingerprint density at radius 2 is 1.88 bits per heavy atom. The number of anilines is 1. The second-order valence-electron chi connectivity index (χ2n) is 6.17. The Labute approximate surface area is 151 Å². The number of methoxy groups -OCH3 is 1. The molecule has 140 valence electrons. The van der Waals surface area contributed by atoms with Crippen LogP contribution < -0.4 is 5.32 Å². The number of amides is 2. The highest BCUT2D eigenvalue weighted by molar-refractivity contribution is 6.32. The van der Waals surface area contributed by atoms with Crippen molar-refractivity contribution < 1.29 is 28.7 Å². The predicted molar refractivity (Wildman–Crippen MR) is 92.3 cm³/mol. The fraction of sp³-hybridized carbons (Fsp3) is 0.444. The van der Waals surface area contributed by atoms with Crippen LogP contribution in [-0.2, 0) is 23.9 Å². The van der Waals surface area contributed by atoms with Gasteiger partial charge in [0.05, 0.1) is 12.7 Å². The minimum Gasteiger partial charge on any atom is -0.465 e. The smallest absolute Gasteiger partial charge is 0.397 e. The van der Waals surface area contributed by atoms with Crippen LogP contribution >= 0.6 is 0 Å². The van der Waals surface area contributed by atoms with Gasteiger partial charge in [-0.3, -0.25) is 9.59 Å². The highest BCUT2D eigenvalue weighted by Crippen LogP contribution is 2.16. The number of ether oxygens (including phenoxy) is 2. The lowest BCUT2D eigenvalue weighted by Gasteiger charge is -2.29. The zero-order valence-electron chi connectivity index (χ0n) is 14.8. The molecule has 1 aromatic carbocycles. The molecule has 0 aromatic heterocycles. The summed E-state index contributed by atoms with van der Waals surface area (Å²) in [5, 5.41) is 2.49. The van der Waals surface area contributed by atoms with Crippen molar-refractivity contribution in [1.82, 2.24) is 4.90 Å². The Hall–Kier alpha value is -2.90. The average Bonchev–Trinajstić information content (AvgIpc) is 2.65. The molecule has 0 aliphatic carbocycles. The maximum atomic E-state index is 12.0. The molecule has 0 spiro atoms. The molecule has 1 saturated heterocycles. The van der Waals surface area contributed by atoms with Crippen molar-refractivity contribution in [1.29, 1.82) is 0 Å². The summed E-state index contributed by atoms with van der Waals surface area (Å²) < 4.78 is 9.39. The van der Waals surface area contributed by atoms with E-state index in [0.717, 1.165) is 12.8 Å². The summed E-state index contributed by atoms with van der Waals surface area (Å²) in [4.78, 5) is 48.6. The Bertz CT molecular complexity index is 695. The molecule has 8 nitrogen and oxygen atoms in total. The Morgan fingerprint density at radius 1 is 1.19 bits per heavy atom. The highest BCUT2D eigenvalue weighted by atomic mass is 16.5. The highest BCUT2D eigenvalue weighted by Gasteiger charge is 2.27. The van der Waals surface area contributed by atoms with E-state index < -0.39 is 30.4 Å². The predicted octanol–water partition coefficient (Wildman–Crippen LogP) is 1.21. The van der Waals surface area contributed by atoms with E-state index in [0.29, 0.717) is 24.7 Å². The number of hydrogen-bond donors (Lipinski definition) is 1. The van der Waals surface area contributed by atoms with E-state index in [1.54, 1.807) is 18.2 Å². The van der Waals surface area contributed by atoms with Gasteiger partial charge in [0.15, 0.2) is 6.61 Å². The first kappa shape index (κ1) is 19.4. The molecule has 1 heterocycles. The van der Waals surface area contributed by atoms with E-state index in [9.17, 15) is 19.2 Å². The normalized spacial score (nSPS) is 14.5. The van der Waals surface area contributed by atoms with Gasteiger partial charge >= 0.3 is 17.8 Å². The summed E-state index contributed by atoms with van der Waals surface area (Å²) in [5.74, 6) is -2.38. The third-order valence-corrected chi connectivity index (χ3v) is 4.15. The second kappa shape index (κ2) is 8.98. The molecular formula is C18H22N2O6. The van der Waals surface area contributed by atoms with E-state index in [2.05, 4.69) is 17.0 Å². The largest absolute Gasteiger partial charge is 0.465 e. The molecular weight excluding hydrogens is 340 g/mol. The van der Waals surface area contributed by atoms with Crippen molar-refractivity contribution >= 4 is 29.4 Å². The molecule has 0 atom stereocenters. The number of benzene rings is 1. The fourth-order valence-electron chi connectivity index (χ4n) is 2.57. The van der Waals surface area contributed by atoms with Gasteiger partial charge in [0.25, 0.3) is 5.91 Å². The van der Waals surface area contributed by atoms with E-state index in [4.69, 9.17) is 4.74 Å². The third-order valence-electron chi connectivity index (χ3n) is 4.15. The summed E-state index contributed by atoms with van der Waals surface area (Å²) in [6.07, 6.45) is 1.69. The molecule has 26 heavy (non-hydrogen) atoms. The van der Waals surface area contributed by atoms with Crippen LogP contribution in [0.1, 0.15) is 30.1 Å². The first-order valence-electron chi connectivity index (χ1n) is 8.35. The zero-order chi connectivity index (χ0) is 19.1. The lowest BCUT2D eigenvalue weighted by atomic mass is 9.99. The van der Waals surface area contributed by atoms with Crippen LogP contribution in [-0.4, -0.2) is 55.5 Å². The van der Waals surface area contributed by atoms with Gasteiger partial charge in [-0.05, 0) is 37.0 Å². The number of esters is 2. The van der Waals surface area contributed by atoms with Gasteiger partial charge in [-0.25, -0.2) is 9.59 Å². The fourth-order valence-corrected chi connectivity index (χ4v) is 2.57. The van der Waals surface area contributed by atoms with Gasteiger partial charge in [-0.2, -0.15) is 0 Å². The number of nitrogens with one attached hydrogen (secondary N) is 1. The Balaban J connectivity index is 1.82. The van der Waals surface area contributed by atoms with Crippen LogP contribution in [0.3, 0.4) is 0 Å². The summed E-state index contributed by atoms with van der Waals surface area (Å²) in [5.41, 5.74) is 0.627. The van der Waals surface area contributed by atoms with Gasteiger partial charge < -0.3 is 19.7 Å². The van der Waals surface area contributed by atoms with E-state index in [1.165, 1.54) is 18.1 Å². The van der Waals surface area contributed by atoms with E-state index in [1.807, 2.05) is 0 Å². The minimum absolute atomic E-state index is 0.275. The number of hydrogen-bond acceptors (Lipinski definition) is 6. The molecule has 1 aromatic rings. The van der Waals surface area contributed by atoms with Crippen molar-refractivity contribution in [2.45, 2.75) is 19.8 Å². The number of carbonyl (C=O) groups is 4. The topological polar surface area (TPSA) is 102 Å². The first-order valence-corrected chi connectivity index (χ1v) is 8.35. The van der Waals surface area contributed by atoms with Crippen molar-refractivity contribution in [3.63, 3.8) is 0 Å². The van der Waals surface area contributed by atoms with Gasteiger partial charge in [-0.1, -0.05) is 13.0 Å². The molecule has 1 N–H and O–H groups in total. The quantitative estimate of drug-likeness (QED) is 0.638. The van der Waals surface area contributed by atoms with Gasteiger partial charge in [0, 0.05) is 18.8 Å². The summed E-state index contributed by atoms with van der Waals surface area (Å²) in [6, 6.07) is 6.13. The maximum absolute atomic E-state index is 12.0. The lowest BCUT2D eigenvalue weighted by Crippen LogP contribution is -2.43. The molecule has 0 radical (unpaired) electrons. The van der Waals surface area contributed by atoms with Gasteiger partial charge in [0.1, 0.15) is 0 Å². The number of carbonyl (C=O) groups excluding carboxylic acids is 4. The molecule has 1 aliphatic heterocycles. The minimum atomic E-state index is -1.04. The number of likely N-dealkylation sites (tertiary alicyclic amines) is 1. The van der Waals surface area contributed by atoms with Crippen LogP contribution in [0.5, 0.6) is 0 Å². The van der Waals surface area contributed by atoms with Crippen LogP contribution in [0, 0.1) is 5.92 Å². The van der Waals surface area contributed by atoms with Crippen molar-refractivity contribution in [3.8, 4) is 0 Å². The SMILES string of the molecule is COC(=O)c1cccc(NC(=O)COC(=O)C(=O)N2CCC(C)CC2)c1. The average molecular weight is 362 g/mol. The molecule has 2 amide bonds. The molecule has 8 heteroatoms. The van der Waals surface area contributed by atoms with Gasteiger partial charge in [-0.15, -0.1) is 0 Å². The van der Waals surface area contributed by atoms with Gasteiger partial charge in [0.2, 0.25) is 0 Å². The lowest BCUT2D eigenvalue weighted by molar-refractivity contribution is -0.161. The van der Waals surface area contributed by atoms with E-state index in [-0.39, 0.29) is 5.56 Å². The second-order valence-corrected chi connectivity index (χ2v) is 6.17. The zero-order valence-corrected chi connectivity index (χ0v) is 14.8. The number of nitrogens with zero attached hydrogens (tertiary/aromatic N) is 1. The van der Waals surface area contributed by atoms with Crippen LogP contribution in [0.25, 0.3) is 0 Å². The van der Waals surface area contributed by atoms with Crippen molar-refractivity contribution in [2.75, 3.05) is 32.1 Å². The van der Waals surface area contributed by atoms with E-state index >= 15 is 0 Å². The summed E-state index contributed by atoms with van der Waals surface area (Å²) in [6.45, 7) is 2.54. The first-order chi connectivity index (χ1) is 12.4. The maximum Gasteiger partial charge on any atom is 0.397 e.